The van der Waals surface area contributed by atoms with Gasteiger partial charge in [-0.05, 0) is 20.0 Å². The van der Waals surface area contributed by atoms with Crippen molar-refractivity contribution < 1.29 is 9.84 Å². The van der Waals surface area contributed by atoms with E-state index >= 15 is 0 Å². The lowest BCUT2D eigenvalue weighted by molar-refractivity contribution is 0.0592. The molecule has 0 spiro atoms. The first kappa shape index (κ1) is 14.9. The minimum atomic E-state index is -0.337. The monoisotopic (exact) mass is 245 g/mol. The van der Waals surface area contributed by atoms with E-state index < -0.39 is 0 Å². The number of hydrogen-bond donors (Lipinski definition) is 2. The molecule has 1 atom stereocenters. The molecular formula is C12H27N3O2. The molecule has 1 heterocycles. The Bertz CT molecular complexity index is 185. The number of methoxy groups -OCH3 is 1. The fourth-order valence-electron chi connectivity index (χ4n) is 1.98. The Labute approximate surface area is 105 Å². The number of nitrogens with one attached hydrogen (secondary N) is 1. The minimum Gasteiger partial charge on any atom is -0.391 e. The molecule has 0 aromatic carbocycles. The van der Waals surface area contributed by atoms with Crippen molar-refractivity contribution >= 4 is 0 Å². The van der Waals surface area contributed by atoms with Gasteiger partial charge in [-0.3, -0.25) is 4.90 Å². The zero-order chi connectivity index (χ0) is 12.5. The smallest absolute Gasteiger partial charge is 0.0785 e. The van der Waals surface area contributed by atoms with Gasteiger partial charge in [-0.1, -0.05) is 0 Å². The van der Waals surface area contributed by atoms with Crippen LogP contribution in [0.5, 0.6) is 0 Å². The van der Waals surface area contributed by atoms with E-state index in [0.717, 1.165) is 26.1 Å². The molecule has 0 radical (unpaired) electrons. The number of piperazine rings is 1. The van der Waals surface area contributed by atoms with Gasteiger partial charge in [-0.15, -0.1) is 0 Å². The summed E-state index contributed by atoms with van der Waals surface area (Å²) in [6, 6.07) is 0. The number of likely N-dealkylation sites (N-methyl/N-ethyl adjacent to an activating group) is 1. The van der Waals surface area contributed by atoms with Crippen LogP contribution in [0.15, 0.2) is 0 Å². The second-order valence-corrected chi connectivity index (χ2v) is 4.79. The number of ether oxygens (including phenoxy) is 1. The Morgan fingerprint density at radius 1 is 1.24 bits per heavy atom. The molecule has 1 unspecified atom stereocenters. The molecule has 5 nitrogen and oxygen atoms in total. The predicted octanol–water partition coefficient (Wildman–Crippen LogP) is -0.779. The summed E-state index contributed by atoms with van der Waals surface area (Å²) in [5.74, 6) is 0. The van der Waals surface area contributed by atoms with Crippen LogP contribution in [0.25, 0.3) is 0 Å². The van der Waals surface area contributed by atoms with Crippen molar-refractivity contribution in [2.75, 3.05) is 66.6 Å². The highest BCUT2D eigenvalue weighted by atomic mass is 16.5. The van der Waals surface area contributed by atoms with Crippen molar-refractivity contribution in [2.24, 2.45) is 0 Å². The van der Waals surface area contributed by atoms with Gasteiger partial charge in [-0.2, -0.15) is 0 Å². The van der Waals surface area contributed by atoms with Gasteiger partial charge >= 0.3 is 0 Å². The molecule has 102 valence electrons. The number of nitrogens with zero attached hydrogens (tertiary/aromatic N) is 2. The summed E-state index contributed by atoms with van der Waals surface area (Å²) in [5, 5.41) is 12.8. The maximum atomic E-state index is 9.45. The molecule has 0 bridgehead atoms. The van der Waals surface area contributed by atoms with E-state index in [0.29, 0.717) is 6.61 Å². The fourth-order valence-corrected chi connectivity index (χ4v) is 1.98. The van der Waals surface area contributed by atoms with Gasteiger partial charge in [0.15, 0.2) is 0 Å². The summed E-state index contributed by atoms with van der Waals surface area (Å²) in [6.07, 6.45) is 0.424. The Hall–Kier alpha value is -0.200. The van der Waals surface area contributed by atoms with Crippen molar-refractivity contribution in [3.63, 3.8) is 0 Å². The van der Waals surface area contributed by atoms with Crippen LogP contribution in [0.1, 0.15) is 6.42 Å². The lowest BCUT2D eigenvalue weighted by atomic mass is 10.2. The summed E-state index contributed by atoms with van der Waals surface area (Å²) >= 11 is 0. The van der Waals surface area contributed by atoms with Crippen molar-refractivity contribution in [1.82, 2.24) is 15.1 Å². The fraction of sp³-hybridized carbons (Fsp3) is 1.00. The molecule has 1 fully saturated rings. The first-order valence-electron chi connectivity index (χ1n) is 6.51. The second-order valence-electron chi connectivity index (χ2n) is 4.79. The number of rotatable bonds is 8. The zero-order valence-electron chi connectivity index (χ0n) is 11.2. The number of aliphatic hydroxyl groups excluding tert-OH is 1. The Balaban J connectivity index is 1.90. The van der Waals surface area contributed by atoms with Crippen LogP contribution in [0.4, 0.5) is 0 Å². The summed E-state index contributed by atoms with van der Waals surface area (Å²) in [4.78, 5) is 4.85. The van der Waals surface area contributed by atoms with Crippen LogP contribution in [0, 0.1) is 0 Å². The zero-order valence-corrected chi connectivity index (χ0v) is 11.2. The molecule has 1 aliphatic rings. The Kier molecular flexibility index (Phi) is 7.72. The quantitative estimate of drug-likeness (QED) is 0.550. The van der Waals surface area contributed by atoms with Crippen LogP contribution < -0.4 is 5.32 Å². The SMILES string of the molecule is COCC(O)CCNCCN1CCN(C)CC1. The van der Waals surface area contributed by atoms with Crippen LogP contribution in [0.2, 0.25) is 0 Å². The summed E-state index contributed by atoms with van der Waals surface area (Å²) in [6.45, 7) is 8.09. The highest BCUT2D eigenvalue weighted by Crippen LogP contribution is 1.97. The third-order valence-corrected chi connectivity index (χ3v) is 3.21. The molecule has 0 saturated carbocycles. The highest BCUT2D eigenvalue weighted by Gasteiger charge is 2.12. The summed E-state index contributed by atoms with van der Waals surface area (Å²) in [5.41, 5.74) is 0. The lowest BCUT2D eigenvalue weighted by Gasteiger charge is -2.32. The van der Waals surface area contributed by atoms with E-state index in [2.05, 4.69) is 22.2 Å². The largest absolute Gasteiger partial charge is 0.391 e. The van der Waals surface area contributed by atoms with Gasteiger partial charge in [0.05, 0.1) is 12.7 Å². The average Bonchev–Trinajstić information content (AvgIpc) is 2.31. The first-order valence-corrected chi connectivity index (χ1v) is 6.51. The van der Waals surface area contributed by atoms with E-state index in [1.807, 2.05) is 0 Å². The van der Waals surface area contributed by atoms with Crippen LogP contribution in [0.3, 0.4) is 0 Å². The minimum absolute atomic E-state index is 0.337. The highest BCUT2D eigenvalue weighted by molar-refractivity contribution is 4.69. The van der Waals surface area contributed by atoms with Gasteiger partial charge in [0.1, 0.15) is 0 Å². The van der Waals surface area contributed by atoms with E-state index in [-0.39, 0.29) is 6.10 Å². The lowest BCUT2D eigenvalue weighted by Crippen LogP contribution is -2.46. The van der Waals surface area contributed by atoms with Crippen LogP contribution >= 0.6 is 0 Å². The molecule has 0 aliphatic carbocycles. The number of hydrogen-bond acceptors (Lipinski definition) is 5. The third kappa shape index (κ3) is 6.95. The molecule has 0 amide bonds. The van der Waals surface area contributed by atoms with E-state index in [9.17, 15) is 5.11 Å². The predicted molar refractivity (Wildman–Crippen MR) is 69.3 cm³/mol. The van der Waals surface area contributed by atoms with E-state index in [1.54, 1.807) is 7.11 Å². The average molecular weight is 245 g/mol. The molecule has 2 N–H and O–H groups in total. The van der Waals surface area contributed by atoms with Gasteiger partial charge in [0, 0.05) is 46.4 Å². The molecule has 0 aromatic rings. The standard InChI is InChI=1S/C12H27N3O2/c1-14-7-9-15(10-8-14)6-5-13-4-3-12(16)11-17-2/h12-13,16H,3-11H2,1-2H3. The number of aliphatic hydroxyl groups is 1. The maximum absolute atomic E-state index is 9.45. The van der Waals surface area contributed by atoms with Crippen LogP contribution in [-0.4, -0.2) is 87.6 Å². The summed E-state index contributed by atoms with van der Waals surface area (Å²) < 4.78 is 4.88. The molecule has 1 rings (SSSR count). The van der Waals surface area contributed by atoms with E-state index in [1.165, 1.54) is 26.2 Å². The molecule has 5 heteroatoms. The van der Waals surface area contributed by atoms with Crippen LogP contribution in [-0.2, 0) is 4.74 Å². The third-order valence-electron chi connectivity index (χ3n) is 3.21. The van der Waals surface area contributed by atoms with Gasteiger partial charge in [0.25, 0.3) is 0 Å². The van der Waals surface area contributed by atoms with Gasteiger partial charge in [0.2, 0.25) is 0 Å². The van der Waals surface area contributed by atoms with Crippen molar-refractivity contribution in [1.29, 1.82) is 0 Å². The molecular weight excluding hydrogens is 218 g/mol. The molecule has 17 heavy (non-hydrogen) atoms. The maximum Gasteiger partial charge on any atom is 0.0785 e. The molecule has 1 saturated heterocycles. The van der Waals surface area contributed by atoms with Crippen molar-refractivity contribution in [3.05, 3.63) is 0 Å². The van der Waals surface area contributed by atoms with E-state index in [4.69, 9.17) is 4.74 Å². The Morgan fingerprint density at radius 3 is 2.59 bits per heavy atom. The summed E-state index contributed by atoms with van der Waals surface area (Å²) in [7, 11) is 3.79. The second kappa shape index (κ2) is 8.83. The Morgan fingerprint density at radius 2 is 1.94 bits per heavy atom. The molecule has 1 aliphatic heterocycles. The first-order chi connectivity index (χ1) is 8.22. The normalized spacial score (nSPS) is 20.6. The van der Waals surface area contributed by atoms with Gasteiger partial charge < -0.3 is 20.1 Å². The molecule has 0 aromatic heterocycles. The van der Waals surface area contributed by atoms with Gasteiger partial charge in [-0.25, -0.2) is 0 Å². The topological polar surface area (TPSA) is 48.0 Å². The van der Waals surface area contributed by atoms with Crippen molar-refractivity contribution in [3.8, 4) is 0 Å². The van der Waals surface area contributed by atoms with Crippen molar-refractivity contribution in [2.45, 2.75) is 12.5 Å².